The van der Waals surface area contributed by atoms with E-state index in [0.29, 0.717) is 17.6 Å². The van der Waals surface area contributed by atoms with Crippen LogP contribution in [0.4, 0.5) is 0 Å². The number of rotatable bonds is 10. The molecule has 0 aliphatic heterocycles. The van der Waals surface area contributed by atoms with Crippen molar-refractivity contribution < 1.29 is 18.7 Å². The van der Waals surface area contributed by atoms with Crippen molar-refractivity contribution in [1.82, 2.24) is 10.3 Å². The van der Waals surface area contributed by atoms with Crippen LogP contribution in [0.5, 0.6) is 5.75 Å². The monoisotopic (exact) mass is 480 g/mol. The summed E-state index contributed by atoms with van der Waals surface area (Å²) in [5.41, 5.74) is 1.03. The number of carbonyl (C=O) groups excluding carboxylic acids is 1. The zero-order chi connectivity index (χ0) is 25.8. The standard InChI is InChI=1S/C29H40N2O4/c1-19(2)16-17-24(26-31-23-14-9-10-15-25(23)33-26)30-20(3)21-12-11-13-22(18-21)34-29(7,8)27(32)35-28(4,5)6/h9-15,18-20,24,30H,16-17H2,1-8H3. The lowest BCUT2D eigenvalue weighted by atomic mass is 10.0. The molecule has 0 fully saturated rings. The van der Waals surface area contributed by atoms with E-state index in [1.54, 1.807) is 13.8 Å². The molecule has 35 heavy (non-hydrogen) atoms. The van der Waals surface area contributed by atoms with Crippen molar-refractivity contribution in [2.24, 2.45) is 5.92 Å². The number of fused-ring (bicyclic) bond motifs is 1. The van der Waals surface area contributed by atoms with Crippen LogP contribution < -0.4 is 10.1 Å². The number of para-hydroxylation sites is 2. The van der Waals surface area contributed by atoms with Crippen molar-refractivity contribution in [2.75, 3.05) is 0 Å². The van der Waals surface area contributed by atoms with E-state index in [2.05, 4.69) is 32.2 Å². The maximum Gasteiger partial charge on any atom is 0.350 e. The van der Waals surface area contributed by atoms with Gasteiger partial charge in [-0.3, -0.25) is 5.32 Å². The number of ether oxygens (including phenoxy) is 2. The van der Waals surface area contributed by atoms with Crippen LogP contribution in [0.1, 0.15) is 91.8 Å². The van der Waals surface area contributed by atoms with Crippen molar-refractivity contribution >= 4 is 17.1 Å². The highest BCUT2D eigenvalue weighted by atomic mass is 16.6. The van der Waals surface area contributed by atoms with Crippen LogP contribution in [0.25, 0.3) is 11.1 Å². The molecule has 2 aromatic carbocycles. The van der Waals surface area contributed by atoms with Gasteiger partial charge in [-0.15, -0.1) is 0 Å². The Morgan fingerprint density at radius 1 is 1.00 bits per heavy atom. The van der Waals surface area contributed by atoms with Crippen LogP contribution >= 0.6 is 0 Å². The predicted molar refractivity (Wildman–Crippen MR) is 139 cm³/mol. The molecule has 6 heteroatoms. The average molecular weight is 481 g/mol. The van der Waals surface area contributed by atoms with E-state index in [0.717, 1.165) is 29.5 Å². The van der Waals surface area contributed by atoms with Crippen LogP contribution in [-0.2, 0) is 9.53 Å². The topological polar surface area (TPSA) is 73.6 Å². The zero-order valence-electron chi connectivity index (χ0n) is 22.3. The van der Waals surface area contributed by atoms with Gasteiger partial charge in [0.1, 0.15) is 16.9 Å². The molecule has 0 radical (unpaired) electrons. The first kappa shape index (κ1) is 26.7. The Balaban J connectivity index is 1.77. The molecule has 0 aliphatic rings. The van der Waals surface area contributed by atoms with Gasteiger partial charge in [-0.2, -0.15) is 0 Å². The molecular formula is C29H40N2O4. The van der Waals surface area contributed by atoms with Gasteiger partial charge >= 0.3 is 5.97 Å². The minimum absolute atomic E-state index is 0.00960. The Kier molecular flexibility index (Phi) is 8.26. The van der Waals surface area contributed by atoms with Gasteiger partial charge in [0.05, 0.1) is 6.04 Å². The summed E-state index contributed by atoms with van der Waals surface area (Å²) in [5.74, 6) is 1.50. The van der Waals surface area contributed by atoms with Crippen LogP contribution in [-0.4, -0.2) is 22.2 Å². The van der Waals surface area contributed by atoms with Crippen molar-refractivity contribution in [3.63, 3.8) is 0 Å². The van der Waals surface area contributed by atoms with Crippen molar-refractivity contribution in [1.29, 1.82) is 0 Å². The molecule has 0 saturated heterocycles. The molecule has 2 atom stereocenters. The van der Waals surface area contributed by atoms with Crippen molar-refractivity contribution in [2.45, 2.75) is 91.5 Å². The predicted octanol–water partition coefficient (Wildman–Crippen LogP) is 7.16. The number of aromatic nitrogens is 1. The quantitative estimate of drug-likeness (QED) is 0.311. The van der Waals surface area contributed by atoms with Crippen LogP contribution in [0.2, 0.25) is 0 Å². The highest BCUT2D eigenvalue weighted by Crippen LogP contribution is 2.29. The highest BCUT2D eigenvalue weighted by Gasteiger charge is 2.35. The summed E-state index contributed by atoms with van der Waals surface area (Å²) in [4.78, 5) is 17.4. The summed E-state index contributed by atoms with van der Waals surface area (Å²) in [7, 11) is 0. The van der Waals surface area contributed by atoms with Crippen LogP contribution in [0.15, 0.2) is 52.9 Å². The van der Waals surface area contributed by atoms with E-state index in [9.17, 15) is 4.79 Å². The van der Waals surface area contributed by atoms with Gasteiger partial charge < -0.3 is 13.9 Å². The minimum atomic E-state index is -1.11. The van der Waals surface area contributed by atoms with Crippen LogP contribution in [0.3, 0.4) is 0 Å². The lowest BCUT2D eigenvalue weighted by Crippen LogP contribution is -2.43. The second-order valence-corrected chi connectivity index (χ2v) is 11.1. The number of oxazole rings is 1. The van der Waals surface area contributed by atoms with E-state index in [1.165, 1.54) is 0 Å². The molecule has 0 bridgehead atoms. The summed E-state index contributed by atoms with van der Waals surface area (Å²) in [5, 5.41) is 3.71. The summed E-state index contributed by atoms with van der Waals surface area (Å²) in [6.45, 7) is 15.6. The fourth-order valence-corrected chi connectivity index (χ4v) is 3.80. The number of carbonyl (C=O) groups is 1. The van der Waals surface area contributed by atoms with Gasteiger partial charge in [-0.1, -0.05) is 38.1 Å². The third-order valence-corrected chi connectivity index (χ3v) is 5.71. The van der Waals surface area contributed by atoms with Gasteiger partial charge in [0.2, 0.25) is 5.89 Å². The third kappa shape index (κ3) is 7.56. The molecule has 190 valence electrons. The number of hydrogen-bond donors (Lipinski definition) is 1. The Hall–Kier alpha value is -2.86. The number of nitrogens with one attached hydrogen (secondary N) is 1. The summed E-state index contributed by atoms with van der Waals surface area (Å²) in [6, 6.07) is 15.7. The molecule has 0 saturated carbocycles. The number of esters is 1. The second-order valence-electron chi connectivity index (χ2n) is 11.1. The van der Waals surface area contributed by atoms with E-state index in [4.69, 9.17) is 18.9 Å². The normalized spacial score (nSPS) is 14.2. The van der Waals surface area contributed by atoms with E-state index in [1.807, 2.05) is 63.2 Å². The third-order valence-electron chi connectivity index (χ3n) is 5.71. The largest absolute Gasteiger partial charge is 0.476 e. The SMILES string of the molecule is CC(C)CCC(NC(C)c1cccc(OC(C)(C)C(=O)OC(C)(C)C)c1)c1nc2ccccc2o1. The number of hydrogen-bond acceptors (Lipinski definition) is 6. The van der Waals surface area contributed by atoms with Gasteiger partial charge in [0.15, 0.2) is 11.2 Å². The molecule has 6 nitrogen and oxygen atoms in total. The Morgan fingerprint density at radius 3 is 2.37 bits per heavy atom. The fraction of sp³-hybridized carbons (Fsp3) is 0.517. The Labute approximate surface area is 209 Å². The molecular weight excluding hydrogens is 440 g/mol. The molecule has 1 heterocycles. The maximum absolute atomic E-state index is 12.6. The summed E-state index contributed by atoms with van der Waals surface area (Å²) in [6.07, 6.45) is 1.97. The summed E-state index contributed by atoms with van der Waals surface area (Å²) < 4.78 is 17.7. The van der Waals surface area contributed by atoms with Crippen LogP contribution in [0, 0.1) is 5.92 Å². The van der Waals surface area contributed by atoms with E-state index in [-0.39, 0.29) is 12.1 Å². The number of nitrogens with zero attached hydrogens (tertiary/aromatic N) is 1. The first-order valence-electron chi connectivity index (χ1n) is 12.5. The second kappa shape index (κ2) is 10.8. The van der Waals surface area contributed by atoms with E-state index < -0.39 is 17.2 Å². The van der Waals surface area contributed by atoms with E-state index >= 15 is 0 Å². The average Bonchev–Trinajstić information content (AvgIpc) is 3.19. The molecule has 0 amide bonds. The molecule has 3 rings (SSSR count). The lowest BCUT2D eigenvalue weighted by Gasteiger charge is -2.29. The summed E-state index contributed by atoms with van der Waals surface area (Å²) >= 11 is 0. The molecule has 0 spiro atoms. The lowest BCUT2D eigenvalue weighted by molar-refractivity contribution is -0.170. The number of benzene rings is 2. The first-order chi connectivity index (χ1) is 16.3. The van der Waals surface area contributed by atoms with Crippen molar-refractivity contribution in [3.8, 4) is 5.75 Å². The molecule has 3 aromatic rings. The van der Waals surface area contributed by atoms with Gasteiger partial charge in [-0.25, -0.2) is 9.78 Å². The fourth-order valence-electron chi connectivity index (χ4n) is 3.80. The Bertz CT molecular complexity index is 1090. The van der Waals surface area contributed by atoms with Crippen molar-refractivity contribution in [3.05, 3.63) is 60.0 Å². The minimum Gasteiger partial charge on any atom is -0.476 e. The zero-order valence-corrected chi connectivity index (χ0v) is 22.3. The van der Waals surface area contributed by atoms with Gasteiger partial charge in [-0.05, 0) is 90.1 Å². The molecule has 0 aliphatic carbocycles. The van der Waals surface area contributed by atoms with Gasteiger partial charge in [0.25, 0.3) is 0 Å². The van der Waals surface area contributed by atoms with Gasteiger partial charge in [0, 0.05) is 6.04 Å². The molecule has 2 unspecified atom stereocenters. The Morgan fingerprint density at radius 2 is 1.71 bits per heavy atom. The smallest absolute Gasteiger partial charge is 0.350 e. The molecule has 1 N–H and O–H groups in total. The first-order valence-corrected chi connectivity index (χ1v) is 12.5. The highest BCUT2D eigenvalue weighted by molar-refractivity contribution is 5.79. The maximum atomic E-state index is 12.6. The molecule has 1 aromatic heterocycles.